The van der Waals surface area contributed by atoms with Gasteiger partial charge in [0.25, 0.3) is 5.91 Å². The monoisotopic (exact) mass is 351 g/mol. The molecule has 7 heteroatoms. The van der Waals surface area contributed by atoms with E-state index in [1.807, 2.05) is 0 Å². The molecule has 138 valence electrons. The second-order valence-electron chi connectivity index (χ2n) is 6.03. The summed E-state index contributed by atoms with van der Waals surface area (Å²) < 4.78 is 20.7. The van der Waals surface area contributed by atoms with Gasteiger partial charge in [-0.05, 0) is 25.0 Å². The molecule has 0 bridgehead atoms. The second kappa shape index (κ2) is 8.09. The molecule has 0 spiro atoms. The van der Waals surface area contributed by atoms with Crippen LogP contribution in [0.3, 0.4) is 0 Å². The van der Waals surface area contributed by atoms with Crippen molar-refractivity contribution in [3.8, 4) is 17.2 Å². The van der Waals surface area contributed by atoms with Gasteiger partial charge in [-0.2, -0.15) is 0 Å². The topological polar surface area (TPSA) is 74.3 Å². The van der Waals surface area contributed by atoms with Crippen molar-refractivity contribution in [3.63, 3.8) is 0 Å². The van der Waals surface area contributed by atoms with Crippen molar-refractivity contribution in [2.45, 2.75) is 25.8 Å². The summed E-state index contributed by atoms with van der Waals surface area (Å²) in [5, 5.41) is 0. The first-order valence-electron chi connectivity index (χ1n) is 8.15. The average Bonchev–Trinajstić information content (AvgIpc) is 3.48. The lowest BCUT2D eigenvalue weighted by Gasteiger charge is -2.25. The molecule has 0 saturated heterocycles. The number of rotatable bonds is 8. The smallest absolute Gasteiger partial charge is 0.310 e. The summed E-state index contributed by atoms with van der Waals surface area (Å²) >= 11 is 0. The van der Waals surface area contributed by atoms with Crippen LogP contribution in [0.25, 0.3) is 0 Å². The molecule has 0 heterocycles. The minimum absolute atomic E-state index is 0.152. The van der Waals surface area contributed by atoms with Crippen molar-refractivity contribution in [3.05, 3.63) is 17.7 Å². The molecule has 1 atom stereocenters. The van der Waals surface area contributed by atoms with E-state index < -0.39 is 5.92 Å². The summed E-state index contributed by atoms with van der Waals surface area (Å²) in [4.78, 5) is 26.5. The Balaban J connectivity index is 2.31. The molecule has 1 fully saturated rings. The second-order valence-corrected chi connectivity index (χ2v) is 6.03. The van der Waals surface area contributed by atoms with Gasteiger partial charge in [0.05, 0.1) is 34.4 Å². The Morgan fingerprint density at radius 2 is 1.64 bits per heavy atom. The van der Waals surface area contributed by atoms with Crippen LogP contribution in [0.1, 0.15) is 30.1 Å². The lowest BCUT2D eigenvalue weighted by atomic mass is 10.1. The number of hydrogen-bond acceptors (Lipinski definition) is 6. The summed E-state index contributed by atoms with van der Waals surface area (Å²) in [6.45, 7) is 2.07. The number of amides is 1. The molecule has 1 saturated carbocycles. The Morgan fingerprint density at radius 1 is 1.08 bits per heavy atom. The van der Waals surface area contributed by atoms with Crippen molar-refractivity contribution in [2.75, 3.05) is 35.0 Å². The fourth-order valence-corrected chi connectivity index (χ4v) is 2.73. The highest BCUT2D eigenvalue weighted by atomic mass is 16.5. The van der Waals surface area contributed by atoms with Crippen LogP contribution in [0.4, 0.5) is 0 Å². The van der Waals surface area contributed by atoms with Crippen LogP contribution in [0, 0.1) is 5.92 Å². The van der Waals surface area contributed by atoms with Crippen molar-refractivity contribution in [1.29, 1.82) is 0 Å². The van der Waals surface area contributed by atoms with Gasteiger partial charge in [-0.25, -0.2) is 0 Å². The van der Waals surface area contributed by atoms with Crippen molar-refractivity contribution in [2.24, 2.45) is 5.92 Å². The number of carbonyl (C=O) groups is 2. The third-order valence-corrected chi connectivity index (χ3v) is 4.23. The summed E-state index contributed by atoms with van der Waals surface area (Å²) in [6.07, 6.45) is 1.87. The van der Waals surface area contributed by atoms with Crippen molar-refractivity contribution >= 4 is 11.9 Å². The molecule has 0 radical (unpaired) electrons. The zero-order valence-corrected chi connectivity index (χ0v) is 15.3. The van der Waals surface area contributed by atoms with Crippen LogP contribution in [-0.4, -0.2) is 57.8 Å². The number of ether oxygens (including phenoxy) is 4. The lowest BCUT2D eigenvalue weighted by Crippen LogP contribution is -2.38. The maximum atomic E-state index is 13.0. The third-order valence-electron chi connectivity index (χ3n) is 4.23. The Labute approximate surface area is 147 Å². The number of nitrogens with zero attached hydrogens (tertiary/aromatic N) is 1. The zero-order valence-electron chi connectivity index (χ0n) is 15.3. The van der Waals surface area contributed by atoms with E-state index in [4.69, 9.17) is 18.9 Å². The predicted molar refractivity (Wildman–Crippen MR) is 91.3 cm³/mol. The molecule has 1 aliphatic carbocycles. The van der Waals surface area contributed by atoms with Crippen molar-refractivity contribution in [1.82, 2.24) is 4.90 Å². The predicted octanol–water partition coefficient (Wildman–Crippen LogP) is 2.13. The largest absolute Gasteiger partial charge is 0.493 e. The summed E-state index contributed by atoms with van der Waals surface area (Å²) in [5.74, 6) is 0.379. The number of benzene rings is 1. The number of methoxy groups -OCH3 is 4. The lowest BCUT2D eigenvalue weighted by molar-refractivity contribution is -0.145. The quantitative estimate of drug-likeness (QED) is 0.668. The Morgan fingerprint density at radius 3 is 2.04 bits per heavy atom. The van der Waals surface area contributed by atoms with Crippen LogP contribution in [0.5, 0.6) is 17.2 Å². The van der Waals surface area contributed by atoms with E-state index in [9.17, 15) is 9.59 Å². The van der Waals surface area contributed by atoms with Crippen molar-refractivity contribution < 1.29 is 28.5 Å². The standard InChI is InChI=1S/C18H25NO6/c1-11(18(21)25-5)10-19(13-6-7-13)17(20)12-8-14(22-2)16(24-4)15(9-12)23-3/h8-9,11,13H,6-7,10H2,1-5H3. The number of esters is 1. The van der Waals surface area contributed by atoms with Gasteiger partial charge in [0.15, 0.2) is 11.5 Å². The molecule has 0 aliphatic heterocycles. The van der Waals surface area contributed by atoms with E-state index in [0.717, 1.165) is 12.8 Å². The summed E-state index contributed by atoms with van der Waals surface area (Å²) in [6, 6.07) is 3.41. The Bertz CT molecular complexity index is 615. The molecule has 1 aromatic rings. The molecule has 1 amide bonds. The minimum Gasteiger partial charge on any atom is -0.493 e. The van der Waals surface area contributed by atoms with Crippen LogP contribution >= 0.6 is 0 Å². The first kappa shape index (κ1) is 18.9. The highest BCUT2D eigenvalue weighted by Crippen LogP contribution is 2.39. The van der Waals surface area contributed by atoms with Gasteiger partial charge >= 0.3 is 5.97 Å². The van der Waals surface area contributed by atoms with Gasteiger partial charge in [-0.15, -0.1) is 0 Å². The van der Waals surface area contributed by atoms with Gasteiger partial charge in [0.2, 0.25) is 5.75 Å². The molecule has 7 nitrogen and oxygen atoms in total. The Kier molecular flexibility index (Phi) is 6.12. The van der Waals surface area contributed by atoms with E-state index in [0.29, 0.717) is 29.4 Å². The van der Waals surface area contributed by atoms with Crippen LogP contribution in [0.15, 0.2) is 12.1 Å². The van der Waals surface area contributed by atoms with Crippen LogP contribution in [0.2, 0.25) is 0 Å². The van der Waals surface area contributed by atoms with Crippen LogP contribution < -0.4 is 14.2 Å². The maximum absolute atomic E-state index is 13.0. The minimum atomic E-state index is -0.392. The Hall–Kier alpha value is -2.44. The molecular weight excluding hydrogens is 326 g/mol. The highest BCUT2D eigenvalue weighted by molar-refractivity contribution is 5.96. The van der Waals surface area contributed by atoms with E-state index in [-0.39, 0.29) is 17.9 Å². The normalized spacial score (nSPS) is 14.4. The molecule has 1 unspecified atom stereocenters. The molecule has 0 N–H and O–H groups in total. The number of carbonyl (C=O) groups excluding carboxylic acids is 2. The summed E-state index contributed by atoms with van der Waals surface area (Å²) in [5.41, 5.74) is 0.429. The van der Waals surface area contributed by atoms with Gasteiger partial charge in [-0.1, -0.05) is 6.92 Å². The molecule has 25 heavy (non-hydrogen) atoms. The van der Waals surface area contributed by atoms with E-state index in [2.05, 4.69) is 0 Å². The molecular formula is C18H25NO6. The fraction of sp³-hybridized carbons (Fsp3) is 0.556. The molecule has 0 aromatic heterocycles. The molecule has 1 aromatic carbocycles. The molecule has 1 aliphatic rings. The first-order valence-corrected chi connectivity index (χ1v) is 8.15. The third kappa shape index (κ3) is 4.15. The molecule has 2 rings (SSSR count). The number of hydrogen-bond donors (Lipinski definition) is 0. The van der Waals surface area contributed by atoms with Gasteiger partial charge < -0.3 is 23.8 Å². The fourth-order valence-electron chi connectivity index (χ4n) is 2.73. The van der Waals surface area contributed by atoms with Crippen LogP contribution in [-0.2, 0) is 9.53 Å². The van der Waals surface area contributed by atoms with E-state index in [1.165, 1.54) is 28.4 Å². The van der Waals surface area contributed by atoms with Gasteiger partial charge in [-0.3, -0.25) is 9.59 Å². The van der Waals surface area contributed by atoms with Gasteiger partial charge in [0, 0.05) is 18.2 Å². The first-order chi connectivity index (χ1) is 12.0. The summed E-state index contributed by atoms with van der Waals surface area (Å²) in [7, 11) is 5.87. The van der Waals surface area contributed by atoms with E-state index >= 15 is 0 Å². The average molecular weight is 351 g/mol. The van der Waals surface area contributed by atoms with Gasteiger partial charge in [0.1, 0.15) is 0 Å². The SMILES string of the molecule is COC(=O)C(C)CN(C(=O)c1cc(OC)c(OC)c(OC)c1)C1CC1. The maximum Gasteiger partial charge on any atom is 0.310 e. The highest BCUT2D eigenvalue weighted by Gasteiger charge is 2.35. The van der Waals surface area contributed by atoms with E-state index in [1.54, 1.807) is 24.0 Å². The zero-order chi connectivity index (χ0) is 18.6.